The van der Waals surface area contributed by atoms with E-state index in [4.69, 9.17) is 16.3 Å². The summed E-state index contributed by atoms with van der Waals surface area (Å²) in [6.45, 7) is 4.74. The highest BCUT2D eigenvalue weighted by Gasteiger charge is 2.20. The minimum atomic E-state index is -0.373. The summed E-state index contributed by atoms with van der Waals surface area (Å²) in [5.41, 5.74) is 0.766. The SMILES string of the molecule is CCCCNc1nc(Cl)c2c(C)c(C(=O)OC)sc2n1. The lowest BCUT2D eigenvalue weighted by Gasteiger charge is -2.04. The van der Waals surface area contributed by atoms with Crippen LogP contribution in [0, 0.1) is 6.92 Å². The van der Waals surface area contributed by atoms with Gasteiger partial charge in [-0.2, -0.15) is 0 Å². The second-order valence-electron chi connectivity index (χ2n) is 4.35. The van der Waals surface area contributed by atoms with Crippen molar-refractivity contribution in [2.24, 2.45) is 0 Å². The Kier molecular flexibility index (Phi) is 4.77. The van der Waals surface area contributed by atoms with E-state index in [9.17, 15) is 4.79 Å². The highest BCUT2D eigenvalue weighted by molar-refractivity contribution is 7.20. The number of rotatable bonds is 5. The van der Waals surface area contributed by atoms with E-state index >= 15 is 0 Å². The summed E-state index contributed by atoms with van der Waals surface area (Å²) in [6, 6.07) is 0. The maximum atomic E-state index is 11.7. The lowest BCUT2D eigenvalue weighted by molar-refractivity contribution is 0.0605. The van der Waals surface area contributed by atoms with E-state index in [1.165, 1.54) is 18.4 Å². The number of ether oxygens (including phenoxy) is 1. The molecule has 108 valence electrons. The molecule has 7 heteroatoms. The summed E-state index contributed by atoms with van der Waals surface area (Å²) in [6.07, 6.45) is 2.13. The third kappa shape index (κ3) is 2.86. The number of thiophene rings is 1. The molecule has 0 saturated carbocycles. The fourth-order valence-electron chi connectivity index (χ4n) is 1.83. The number of carbonyl (C=O) groups excluding carboxylic acids is 1. The molecule has 0 unspecified atom stereocenters. The molecule has 2 heterocycles. The zero-order valence-corrected chi connectivity index (χ0v) is 13.2. The highest BCUT2D eigenvalue weighted by atomic mass is 35.5. The molecule has 5 nitrogen and oxygen atoms in total. The van der Waals surface area contributed by atoms with E-state index in [2.05, 4.69) is 22.2 Å². The van der Waals surface area contributed by atoms with Crippen LogP contribution in [0.2, 0.25) is 5.15 Å². The van der Waals surface area contributed by atoms with Crippen LogP contribution in [0.1, 0.15) is 35.0 Å². The number of carbonyl (C=O) groups is 1. The maximum Gasteiger partial charge on any atom is 0.348 e. The number of esters is 1. The zero-order chi connectivity index (χ0) is 14.7. The Bertz CT molecular complexity index is 642. The molecule has 20 heavy (non-hydrogen) atoms. The number of fused-ring (bicyclic) bond motifs is 1. The first-order chi connectivity index (χ1) is 9.58. The van der Waals surface area contributed by atoms with Crippen molar-refractivity contribution in [2.45, 2.75) is 26.7 Å². The quantitative estimate of drug-likeness (QED) is 0.518. The molecule has 0 fully saturated rings. The van der Waals surface area contributed by atoms with E-state index in [1.807, 2.05) is 6.92 Å². The molecule has 0 aliphatic rings. The van der Waals surface area contributed by atoms with Gasteiger partial charge >= 0.3 is 5.97 Å². The molecule has 0 amide bonds. The number of anilines is 1. The lowest BCUT2D eigenvalue weighted by Crippen LogP contribution is -2.05. The van der Waals surface area contributed by atoms with Crippen molar-refractivity contribution in [3.8, 4) is 0 Å². The molecule has 2 rings (SSSR count). The third-order valence-electron chi connectivity index (χ3n) is 2.93. The van der Waals surface area contributed by atoms with Gasteiger partial charge in [0.25, 0.3) is 0 Å². The van der Waals surface area contributed by atoms with Crippen molar-refractivity contribution >= 4 is 45.1 Å². The van der Waals surface area contributed by atoms with E-state index in [-0.39, 0.29) is 5.97 Å². The minimum absolute atomic E-state index is 0.359. The molecule has 1 N–H and O–H groups in total. The number of unbranched alkanes of at least 4 members (excludes halogenated alkanes) is 1. The van der Waals surface area contributed by atoms with Crippen LogP contribution in [-0.2, 0) is 4.74 Å². The lowest BCUT2D eigenvalue weighted by atomic mass is 10.2. The van der Waals surface area contributed by atoms with Crippen LogP contribution in [0.4, 0.5) is 5.95 Å². The average Bonchev–Trinajstić information content (AvgIpc) is 2.76. The molecule has 0 spiro atoms. The van der Waals surface area contributed by atoms with Crippen LogP contribution < -0.4 is 5.32 Å². The van der Waals surface area contributed by atoms with Crippen molar-refractivity contribution in [1.29, 1.82) is 0 Å². The van der Waals surface area contributed by atoms with Gasteiger partial charge in [-0.1, -0.05) is 24.9 Å². The van der Waals surface area contributed by atoms with Gasteiger partial charge < -0.3 is 10.1 Å². The Morgan fingerprint density at radius 3 is 2.85 bits per heavy atom. The Balaban J connectivity index is 2.42. The highest BCUT2D eigenvalue weighted by Crippen LogP contribution is 2.34. The molecule has 0 atom stereocenters. The van der Waals surface area contributed by atoms with Crippen LogP contribution >= 0.6 is 22.9 Å². The fraction of sp³-hybridized carbons (Fsp3) is 0.462. The van der Waals surface area contributed by atoms with E-state index in [1.54, 1.807) is 0 Å². The van der Waals surface area contributed by atoms with Crippen LogP contribution in [0.15, 0.2) is 0 Å². The number of aryl methyl sites for hydroxylation is 1. The summed E-state index contributed by atoms with van der Waals surface area (Å²) in [4.78, 5) is 21.5. The number of aromatic nitrogens is 2. The van der Waals surface area contributed by atoms with Crippen LogP contribution in [0.25, 0.3) is 10.2 Å². The van der Waals surface area contributed by atoms with E-state index < -0.39 is 0 Å². The topological polar surface area (TPSA) is 64.1 Å². The molecule has 0 aliphatic carbocycles. The second kappa shape index (κ2) is 6.37. The number of methoxy groups -OCH3 is 1. The van der Waals surface area contributed by atoms with Gasteiger partial charge in [0.05, 0.1) is 12.5 Å². The summed E-state index contributed by atoms with van der Waals surface area (Å²) in [7, 11) is 1.36. The third-order valence-corrected chi connectivity index (χ3v) is 4.37. The van der Waals surface area contributed by atoms with Gasteiger partial charge in [-0.05, 0) is 18.9 Å². The van der Waals surface area contributed by atoms with Crippen molar-refractivity contribution in [2.75, 3.05) is 19.0 Å². The van der Waals surface area contributed by atoms with E-state index in [0.717, 1.165) is 30.3 Å². The first kappa shape index (κ1) is 15.0. The largest absolute Gasteiger partial charge is 0.465 e. The Labute approximate surface area is 126 Å². The first-order valence-electron chi connectivity index (χ1n) is 6.37. The maximum absolute atomic E-state index is 11.7. The van der Waals surface area contributed by atoms with Gasteiger partial charge in [-0.25, -0.2) is 14.8 Å². The van der Waals surface area contributed by atoms with Gasteiger partial charge in [0.1, 0.15) is 14.9 Å². The smallest absolute Gasteiger partial charge is 0.348 e. The monoisotopic (exact) mass is 313 g/mol. The van der Waals surface area contributed by atoms with Crippen molar-refractivity contribution in [1.82, 2.24) is 9.97 Å². The van der Waals surface area contributed by atoms with E-state index in [0.29, 0.717) is 20.8 Å². The van der Waals surface area contributed by atoms with Crippen LogP contribution in [0.3, 0.4) is 0 Å². The molecular formula is C13H16ClN3O2S. The van der Waals surface area contributed by atoms with Gasteiger partial charge in [-0.3, -0.25) is 0 Å². The van der Waals surface area contributed by atoms with Crippen molar-refractivity contribution in [3.63, 3.8) is 0 Å². The Hall–Kier alpha value is -1.40. The zero-order valence-electron chi connectivity index (χ0n) is 11.6. The molecule has 0 aliphatic heterocycles. The molecule has 2 aromatic rings. The van der Waals surface area contributed by atoms with Crippen LogP contribution in [-0.4, -0.2) is 29.6 Å². The number of hydrogen-bond acceptors (Lipinski definition) is 6. The molecule has 0 aromatic carbocycles. The Morgan fingerprint density at radius 1 is 1.45 bits per heavy atom. The van der Waals surface area contributed by atoms with Gasteiger partial charge in [0.2, 0.25) is 5.95 Å². The number of halogens is 1. The standard InChI is InChI=1S/C13H16ClN3O2S/c1-4-5-6-15-13-16-10(14)8-7(2)9(12(18)19-3)20-11(8)17-13/h4-6H2,1-3H3,(H,15,16,17). The van der Waals surface area contributed by atoms with Crippen LogP contribution in [0.5, 0.6) is 0 Å². The van der Waals surface area contributed by atoms with Crippen molar-refractivity contribution < 1.29 is 9.53 Å². The number of nitrogens with zero attached hydrogens (tertiary/aromatic N) is 2. The number of nitrogens with one attached hydrogen (secondary N) is 1. The first-order valence-corrected chi connectivity index (χ1v) is 7.56. The predicted octanol–water partition coefficient (Wildman–Crippen LogP) is 3.65. The molecule has 0 bridgehead atoms. The average molecular weight is 314 g/mol. The normalized spacial score (nSPS) is 10.8. The van der Waals surface area contributed by atoms with Gasteiger partial charge in [0.15, 0.2) is 0 Å². The summed E-state index contributed by atoms with van der Waals surface area (Å²) in [5, 5.41) is 4.21. The molecule has 0 saturated heterocycles. The fourth-order valence-corrected chi connectivity index (χ4v) is 3.30. The molecule has 2 aromatic heterocycles. The second-order valence-corrected chi connectivity index (χ2v) is 5.70. The summed E-state index contributed by atoms with van der Waals surface area (Å²) in [5.74, 6) is 0.121. The summed E-state index contributed by atoms with van der Waals surface area (Å²) < 4.78 is 4.76. The minimum Gasteiger partial charge on any atom is -0.465 e. The number of hydrogen-bond donors (Lipinski definition) is 1. The molecular weight excluding hydrogens is 298 g/mol. The predicted molar refractivity (Wildman–Crippen MR) is 81.9 cm³/mol. The van der Waals surface area contributed by atoms with Gasteiger partial charge in [0, 0.05) is 6.54 Å². The molecule has 0 radical (unpaired) electrons. The summed E-state index contributed by atoms with van der Waals surface area (Å²) >= 11 is 7.48. The van der Waals surface area contributed by atoms with Gasteiger partial charge in [-0.15, -0.1) is 11.3 Å². The Morgan fingerprint density at radius 2 is 2.20 bits per heavy atom. The van der Waals surface area contributed by atoms with Crippen molar-refractivity contribution in [3.05, 3.63) is 15.6 Å².